The summed E-state index contributed by atoms with van der Waals surface area (Å²) in [6, 6.07) is 1.57. The maximum atomic E-state index is 2.60. The summed E-state index contributed by atoms with van der Waals surface area (Å²) in [5.74, 6) is 0. The van der Waals surface area contributed by atoms with Gasteiger partial charge in [0, 0.05) is 12.1 Å². The molecule has 0 N–H and O–H groups in total. The molecule has 1 atom stereocenters. The Morgan fingerprint density at radius 2 is 1.67 bits per heavy atom. The first-order chi connectivity index (χ1) is 7.13. The molecule has 1 saturated heterocycles. The Morgan fingerprint density at radius 1 is 1.20 bits per heavy atom. The summed E-state index contributed by atoms with van der Waals surface area (Å²) in [7, 11) is 0.628. The van der Waals surface area contributed by atoms with E-state index in [1.807, 2.05) is 13.8 Å². The van der Waals surface area contributed by atoms with Gasteiger partial charge in [-0.25, -0.2) is 0 Å². The van der Waals surface area contributed by atoms with E-state index in [0.29, 0.717) is 9.47 Å². The summed E-state index contributed by atoms with van der Waals surface area (Å²) < 4.78 is 0. The van der Waals surface area contributed by atoms with Crippen LogP contribution in [0.3, 0.4) is 0 Å². The van der Waals surface area contributed by atoms with Crippen LogP contribution in [-0.2, 0) is 9.47 Å². The summed E-state index contributed by atoms with van der Waals surface area (Å²) in [5, 5.41) is 0. The molecule has 4 heteroatoms. The van der Waals surface area contributed by atoms with Gasteiger partial charge in [0.25, 0.3) is 0 Å². The van der Waals surface area contributed by atoms with Gasteiger partial charge in [0.15, 0.2) is 0 Å². The van der Waals surface area contributed by atoms with E-state index in [-0.39, 0.29) is 0 Å². The summed E-state index contributed by atoms with van der Waals surface area (Å²) in [5.41, 5.74) is 0. The second kappa shape index (κ2) is 14.1. The van der Waals surface area contributed by atoms with E-state index >= 15 is 0 Å². The van der Waals surface area contributed by atoms with Crippen molar-refractivity contribution in [2.75, 3.05) is 6.54 Å². The topological polar surface area (TPSA) is 3.24 Å². The summed E-state index contributed by atoms with van der Waals surface area (Å²) in [6.07, 6.45) is 4.24. The van der Waals surface area contributed by atoms with Gasteiger partial charge in [0.05, 0.1) is 0 Å². The molecule has 1 fully saturated rings. The van der Waals surface area contributed by atoms with Gasteiger partial charge in [0.2, 0.25) is 0 Å². The second-order valence-electron chi connectivity index (χ2n) is 3.74. The molecule has 0 aromatic carbocycles. The number of rotatable bonds is 1. The Labute approximate surface area is 125 Å². The molecule has 0 aromatic heterocycles. The Bertz CT molecular complexity index is 123. The molecule has 15 heavy (non-hydrogen) atoms. The van der Waals surface area contributed by atoms with Gasteiger partial charge in [-0.3, -0.25) is 4.90 Å². The van der Waals surface area contributed by atoms with E-state index in [1.165, 1.54) is 25.8 Å². The Kier molecular flexibility index (Phi) is 18.1. The van der Waals surface area contributed by atoms with Gasteiger partial charge >= 0.3 is 49.4 Å². The molecule has 93 valence electrons. The van der Waals surface area contributed by atoms with E-state index < -0.39 is 0 Å². The van der Waals surface area contributed by atoms with Gasteiger partial charge in [-0.1, -0.05) is 20.3 Å². The summed E-state index contributed by atoms with van der Waals surface area (Å²) in [6.45, 7) is 12.3. The molecule has 0 aliphatic carbocycles. The number of piperidine rings is 1. The van der Waals surface area contributed by atoms with Crippen LogP contribution in [0.2, 0.25) is 0 Å². The SMILES string of the molecule is CC.CC(C)N1CCCCC1C.[I][V][I]. The average molecular weight is 476 g/mol. The van der Waals surface area contributed by atoms with Crippen LogP contribution in [0.5, 0.6) is 0 Å². The van der Waals surface area contributed by atoms with Crippen molar-refractivity contribution in [1.29, 1.82) is 0 Å². The molecule has 1 aliphatic rings. The Hall–Kier alpha value is 2.00. The number of hydrogen-bond acceptors (Lipinski definition) is 1. The third-order valence-corrected chi connectivity index (χ3v) is 2.52. The molecule has 0 bridgehead atoms. The maximum absolute atomic E-state index is 2.60. The molecule has 0 amide bonds. The van der Waals surface area contributed by atoms with Crippen molar-refractivity contribution in [2.24, 2.45) is 0 Å². The quantitative estimate of drug-likeness (QED) is 0.479. The monoisotopic (exact) mass is 476 g/mol. The van der Waals surface area contributed by atoms with Crippen LogP contribution in [0.25, 0.3) is 0 Å². The van der Waals surface area contributed by atoms with Crippen LogP contribution < -0.4 is 0 Å². The Morgan fingerprint density at radius 3 is 1.93 bits per heavy atom. The van der Waals surface area contributed by atoms with Crippen molar-refractivity contribution in [2.45, 2.75) is 66.0 Å². The molecule has 0 saturated carbocycles. The molecular weight excluding hydrogens is 451 g/mol. The van der Waals surface area contributed by atoms with E-state index in [0.717, 1.165) is 12.1 Å². The zero-order valence-electron chi connectivity index (χ0n) is 10.6. The van der Waals surface area contributed by atoms with Crippen molar-refractivity contribution >= 4 is 40.0 Å². The van der Waals surface area contributed by atoms with Gasteiger partial charge in [-0.15, -0.1) is 0 Å². The standard InChI is InChI=1S/C9H19N.C2H6.2HI.V/c1-8(2)10-7-5-4-6-9(10)3;1-2;;;/h8-9H,4-7H2,1-3H3;1-2H3;2*1H;/q;;;;+2/p-2. The van der Waals surface area contributed by atoms with Crippen molar-refractivity contribution < 1.29 is 9.47 Å². The first-order valence-electron chi connectivity index (χ1n) is 5.81. The second-order valence-corrected chi connectivity index (χ2v) is 15.5. The summed E-state index contributed by atoms with van der Waals surface area (Å²) in [4.78, 5) is 2.60. The Balaban J connectivity index is 0. The number of likely N-dealkylation sites (tertiary alicyclic amines) is 1. The van der Waals surface area contributed by atoms with Crippen LogP contribution in [0.1, 0.15) is 53.9 Å². The number of hydrogen-bond donors (Lipinski definition) is 0. The molecule has 1 rings (SSSR count). The minimum atomic E-state index is 0.628. The average Bonchev–Trinajstić information content (AvgIpc) is 2.22. The zero-order chi connectivity index (χ0) is 12.3. The first-order valence-corrected chi connectivity index (χ1v) is 14.8. The summed E-state index contributed by atoms with van der Waals surface area (Å²) >= 11 is 4.74. The van der Waals surface area contributed by atoms with Gasteiger partial charge < -0.3 is 0 Å². The number of nitrogens with zero attached hydrogens (tertiary/aromatic N) is 1. The normalized spacial score (nSPS) is 20.9. The van der Waals surface area contributed by atoms with Gasteiger partial charge in [-0.05, 0) is 40.2 Å². The molecule has 1 aliphatic heterocycles. The van der Waals surface area contributed by atoms with Crippen molar-refractivity contribution in [3.63, 3.8) is 0 Å². The molecule has 0 aromatic rings. The third-order valence-electron chi connectivity index (χ3n) is 2.52. The van der Waals surface area contributed by atoms with E-state index in [9.17, 15) is 0 Å². The predicted octanol–water partition coefficient (Wildman–Crippen LogP) is 5.06. The fourth-order valence-corrected chi connectivity index (χ4v) is 1.89. The van der Waals surface area contributed by atoms with Crippen LogP contribution in [0.4, 0.5) is 0 Å². The van der Waals surface area contributed by atoms with Gasteiger partial charge in [0.1, 0.15) is 0 Å². The van der Waals surface area contributed by atoms with Crippen molar-refractivity contribution in [3.05, 3.63) is 0 Å². The van der Waals surface area contributed by atoms with Crippen LogP contribution in [-0.4, -0.2) is 23.5 Å². The molecule has 1 unspecified atom stereocenters. The van der Waals surface area contributed by atoms with Crippen molar-refractivity contribution in [1.82, 2.24) is 4.90 Å². The van der Waals surface area contributed by atoms with Crippen molar-refractivity contribution in [3.8, 4) is 0 Å². The molecular formula is C11H25I2NV. The van der Waals surface area contributed by atoms with Crippen LogP contribution in [0.15, 0.2) is 0 Å². The minimum absolute atomic E-state index is 0.628. The molecule has 1 heterocycles. The van der Waals surface area contributed by atoms with E-state index in [4.69, 9.17) is 0 Å². The molecule has 0 radical (unpaired) electrons. The first kappa shape index (κ1) is 19.3. The van der Waals surface area contributed by atoms with Crippen LogP contribution >= 0.6 is 40.0 Å². The molecule has 0 spiro atoms. The van der Waals surface area contributed by atoms with E-state index in [1.54, 1.807) is 0 Å². The number of halogens is 2. The fraction of sp³-hybridized carbons (Fsp3) is 1.00. The van der Waals surface area contributed by atoms with Crippen LogP contribution in [0, 0.1) is 0 Å². The molecule has 1 nitrogen and oxygen atoms in total. The van der Waals surface area contributed by atoms with Gasteiger partial charge in [-0.2, -0.15) is 0 Å². The van der Waals surface area contributed by atoms with E-state index in [2.05, 4.69) is 65.6 Å². The fourth-order valence-electron chi connectivity index (χ4n) is 1.89. The zero-order valence-corrected chi connectivity index (χ0v) is 16.3. The predicted molar refractivity (Wildman–Crippen MR) is 84.5 cm³/mol. The third kappa shape index (κ3) is 10.9.